The van der Waals surface area contributed by atoms with Gasteiger partial charge in [-0.1, -0.05) is 0 Å². The molecule has 0 fully saturated rings. The van der Waals surface area contributed by atoms with Gasteiger partial charge < -0.3 is 0 Å². The van der Waals surface area contributed by atoms with Gasteiger partial charge in [0, 0.05) is 0 Å². The van der Waals surface area contributed by atoms with E-state index in [9.17, 15) is 13.3 Å². The van der Waals surface area contributed by atoms with Gasteiger partial charge >= 0.3 is 99.0 Å². The van der Waals surface area contributed by atoms with Crippen molar-refractivity contribution in [3.05, 3.63) is 35.4 Å². The van der Waals surface area contributed by atoms with Crippen LogP contribution in [-0.2, 0) is 4.57 Å². The fourth-order valence-electron chi connectivity index (χ4n) is 1.08. The van der Waals surface area contributed by atoms with Crippen LogP contribution in [0.3, 0.4) is 0 Å². The van der Waals surface area contributed by atoms with E-state index in [0.29, 0.717) is 6.42 Å². The van der Waals surface area contributed by atoms with Gasteiger partial charge in [0.15, 0.2) is 0 Å². The molecule has 0 heterocycles. The molecule has 0 aromatic heterocycles. The molecule has 0 saturated carbocycles. The van der Waals surface area contributed by atoms with E-state index in [1.54, 1.807) is 0 Å². The maximum atomic E-state index is 13.2. The van der Waals surface area contributed by atoms with E-state index in [-0.39, 0.29) is 19.5 Å². The van der Waals surface area contributed by atoms with Gasteiger partial charge in [-0.15, -0.1) is 0 Å². The third-order valence-corrected chi connectivity index (χ3v) is 2.14. The zero-order valence-electron chi connectivity index (χ0n) is 9.13. The first kappa shape index (κ1) is 13.7. The van der Waals surface area contributed by atoms with Crippen LogP contribution in [0.2, 0.25) is 0 Å². The first-order valence-electron chi connectivity index (χ1n) is 4.90. The SMILES string of the molecule is CC(CC#Cc1ccc(F)cc1F)NC#P=O. The van der Waals surface area contributed by atoms with Crippen molar-refractivity contribution >= 4 is 7.92 Å². The third kappa shape index (κ3) is 4.97. The van der Waals surface area contributed by atoms with E-state index in [1.807, 2.05) is 6.92 Å². The normalized spacial score (nSPS) is 11.0. The molecule has 88 valence electrons. The Morgan fingerprint density at radius 3 is 2.88 bits per heavy atom. The Hall–Kier alpha value is -1.39. The molecule has 1 atom stereocenters. The molecule has 0 radical (unpaired) electrons. The minimum absolute atomic E-state index is 0.0348. The van der Waals surface area contributed by atoms with E-state index in [4.69, 9.17) is 0 Å². The first-order valence-corrected chi connectivity index (χ1v) is 5.71. The molecular weight excluding hydrogens is 243 g/mol. The van der Waals surface area contributed by atoms with Gasteiger partial charge in [-0.25, -0.2) is 0 Å². The second kappa shape index (κ2) is 7.04. The van der Waals surface area contributed by atoms with Crippen molar-refractivity contribution in [2.24, 2.45) is 0 Å². The van der Waals surface area contributed by atoms with E-state index in [0.717, 1.165) is 12.1 Å². The molecule has 1 rings (SSSR count). The molecular formula is C12H10F2NOP. The third-order valence-electron chi connectivity index (χ3n) is 1.92. The average molecular weight is 253 g/mol. The molecule has 0 aliphatic rings. The van der Waals surface area contributed by atoms with Crippen molar-refractivity contribution in [1.82, 2.24) is 5.32 Å². The Morgan fingerprint density at radius 1 is 1.47 bits per heavy atom. The predicted octanol–water partition coefficient (Wildman–Crippen LogP) is 2.89. The molecule has 0 saturated heterocycles. The zero-order valence-corrected chi connectivity index (χ0v) is 10.0. The molecule has 0 bridgehead atoms. The fraction of sp³-hybridized carbons (Fsp3) is 0.250. The van der Waals surface area contributed by atoms with E-state index < -0.39 is 11.6 Å². The molecule has 1 aromatic carbocycles. The van der Waals surface area contributed by atoms with E-state index >= 15 is 0 Å². The van der Waals surface area contributed by atoms with Gasteiger partial charge in [0.25, 0.3) is 0 Å². The van der Waals surface area contributed by atoms with Crippen LogP contribution in [0, 0.1) is 29.2 Å². The molecule has 0 aliphatic heterocycles. The summed E-state index contributed by atoms with van der Waals surface area (Å²) in [6, 6.07) is 3.22. The summed E-state index contributed by atoms with van der Waals surface area (Å²) in [6.45, 7) is 1.83. The number of benzene rings is 1. The van der Waals surface area contributed by atoms with Crippen molar-refractivity contribution in [2.45, 2.75) is 19.4 Å². The summed E-state index contributed by atoms with van der Waals surface area (Å²) >= 11 is 0. The second-order valence-corrected chi connectivity index (χ2v) is 3.78. The van der Waals surface area contributed by atoms with Crippen molar-refractivity contribution in [2.75, 3.05) is 0 Å². The molecule has 0 aliphatic carbocycles. The number of nitrogens with one attached hydrogen (secondary N) is 1. The van der Waals surface area contributed by atoms with Gasteiger partial charge in [-0.2, -0.15) is 0 Å². The van der Waals surface area contributed by atoms with Gasteiger partial charge in [0.2, 0.25) is 0 Å². The fourth-order valence-corrected chi connectivity index (χ4v) is 1.35. The Labute approximate surface area is 99.5 Å². The van der Waals surface area contributed by atoms with Crippen LogP contribution in [0.1, 0.15) is 18.9 Å². The van der Waals surface area contributed by atoms with Crippen LogP contribution in [-0.4, -0.2) is 6.04 Å². The van der Waals surface area contributed by atoms with Crippen LogP contribution < -0.4 is 5.32 Å². The Balaban J connectivity index is 2.64. The molecule has 1 unspecified atom stereocenters. The molecule has 0 spiro atoms. The summed E-state index contributed by atoms with van der Waals surface area (Å²) in [6.07, 6.45) is 0.444. The summed E-state index contributed by atoms with van der Waals surface area (Å²) in [5.74, 6) is 6.45. The summed E-state index contributed by atoms with van der Waals surface area (Å²) in [5.41, 5.74) is 0.161. The standard InChI is InChI=1S/C12H10F2NOP/c1-9(15-8-17-16)3-2-4-10-5-6-11(13)7-12(10)14/h5-7,9,15H,3H2,1H3. The summed E-state index contributed by atoms with van der Waals surface area (Å²) in [7, 11) is -0.217. The molecule has 5 heteroatoms. The topological polar surface area (TPSA) is 29.1 Å². The molecule has 1 N–H and O–H groups in total. The van der Waals surface area contributed by atoms with Crippen LogP contribution in [0.25, 0.3) is 0 Å². The number of halogens is 2. The molecule has 0 amide bonds. The Kier molecular flexibility index (Phi) is 5.66. The monoisotopic (exact) mass is 253 g/mol. The number of hydrogen-bond donors (Lipinski definition) is 1. The number of rotatable bonds is 2. The zero-order chi connectivity index (χ0) is 12.7. The first-order chi connectivity index (χ1) is 8.13. The minimum atomic E-state index is -0.672. The summed E-state index contributed by atoms with van der Waals surface area (Å²) in [5, 5.41) is 2.71. The Morgan fingerprint density at radius 2 is 2.24 bits per heavy atom. The van der Waals surface area contributed by atoms with Crippen LogP contribution in [0.5, 0.6) is 0 Å². The van der Waals surface area contributed by atoms with Crippen LogP contribution >= 0.6 is 7.92 Å². The Bertz CT molecular complexity index is 557. The van der Waals surface area contributed by atoms with Gasteiger partial charge in [0.1, 0.15) is 0 Å². The quantitative estimate of drug-likeness (QED) is 0.499. The van der Waals surface area contributed by atoms with Gasteiger partial charge in [0.05, 0.1) is 0 Å². The second-order valence-electron chi connectivity index (χ2n) is 3.38. The predicted molar refractivity (Wildman–Crippen MR) is 61.9 cm³/mol. The van der Waals surface area contributed by atoms with Crippen molar-refractivity contribution in [1.29, 1.82) is 0 Å². The van der Waals surface area contributed by atoms with Gasteiger partial charge in [-0.05, 0) is 0 Å². The summed E-state index contributed by atoms with van der Waals surface area (Å²) < 4.78 is 35.8. The molecule has 2 nitrogen and oxygen atoms in total. The van der Waals surface area contributed by atoms with Crippen LogP contribution in [0.4, 0.5) is 8.78 Å². The number of hydrogen-bond acceptors (Lipinski definition) is 2. The van der Waals surface area contributed by atoms with Crippen molar-refractivity contribution in [3.8, 4) is 17.6 Å². The van der Waals surface area contributed by atoms with Crippen molar-refractivity contribution < 1.29 is 13.3 Å². The average Bonchev–Trinajstić information content (AvgIpc) is 2.29. The van der Waals surface area contributed by atoms with E-state index in [2.05, 4.69) is 22.9 Å². The van der Waals surface area contributed by atoms with Gasteiger partial charge in [-0.3, -0.25) is 0 Å². The molecule has 1 aromatic rings. The van der Waals surface area contributed by atoms with Crippen molar-refractivity contribution in [3.63, 3.8) is 0 Å². The molecule has 17 heavy (non-hydrogen) atoms. The maximum absolute atomic E-state index is 13.2. The van der Waals surface area contributed by atoms with Crippen LogP contribution in [0.15, 0.2) is 18.2 Å². The summed E-state index contributed by atoms with van der Waals surface area (Å²) in [4.78, 5) is 0. The van der Waals surface area contributed by atoms with E-state index in [1.165, 1.54) is 6.07 Å².